The molecule has 0 aliphatic carbocycles. The van der Waals surface area contributed by atoms with Crippen molar-refractivity contribution in [2.24, 2.45) is 5.73 Å². The molecule has 0 aliphatic rings. The van der Waals surface area contributed by atoms with Gasteiger partial charge in [-0.25, -0.2) is 0 Å². The minimum absolute atomic E-state index is 0.0890. The molecule has 1 aromatic carbocycles. The van der Waals surface area contributed by atoms with Crippen molar-refractivity contribution in [1.29, 1.82) is 0 Å². The molecule has 5 heteroatoms. The average molecular weight is 241 g/mol. The minimum Gasteiger partial charge on any atom is -0.481 e. The second-order valence-corrected chi connectivity index (χ2v) is 4.33. The molecule has 0 radical (unpaired) electrons. The predicted octanol–water partition coefficient (Wildman–Crippen LogP) is 1.64. The van der Waals surface area contributed by atoms with Gasteiger partial charge in [0.1, 0.15) is 4.99 Å². The van der Waals surface area contributed by atoms with Gasteiger partial charge in [-0.15, -0.1) is 11.8 Å². The lowest BCUT2D eigenvalue weighted by Gasteiger charge is -2.06. The molecule has 1 aromatic rings. The maximum Gasteiger partial charge on any atom is 0.313 e. The van der Waals surface area contributed by atoms with Crippen LogP contribution in [-0.2, 0) is 10.5 Å². The molecule has 0 aromatic heterocycles. The number of hydrogen-bond acceptors (Lipinski definition) is 3. The average Bonchev–Trinajstić information content (AvgIpc) is 2.17. The van der Waals surface area contributed by atoms with E-state index in [0.717, 1.165) is 11.1 Å². The number of carboxylic acid groups (broad SMARTS) is 1. The van der Waals surface area contributed by atoms with E-state index in [9.17, 15) is 4.79 Å². The molecule has 1 rings (SSSR count). The highest BCUT2D eigenvalue weighted by Crippen LogP contribution is 2.16. The molecule has 15 heavy (non-hydrogen) atoms. The fraction of sp³-hybridized carbons (Fsp3) is 0.200. The van der Waals surface area contributed by atoms with E-state index >= 15 is 0 Å². The fourth-order valence-electron chi connectivity index (χ4n) is 1.13. The third kappa shape index (κ3) is 3.89. The van der Waals surface area contributed by atoms with Gasteiger partial charge in [0.2, 0.25) is 0 Å². The van der Waals surface area contributed by atoms with Crippen LogP contribution in [0.4, 0.5) is 0 Å². The summed E-state index contributed by atoms with van der Waals surface area (Å²) in [4.78, 5) is 10.7. The largest absolute Gasteiger partial charge is 0.481 e. The van der Waals surface area contributed by atoms with E-state index in [1.54, 1.807) is 0 Å². The van der Waals surface area contributed by atoms with Gasteiger partial charge in [0.25, 0.3) is 0 Å². The Morgan fingerprint density at radius 2 is 2.13 bits per heavy atom. The van der Waals surface area contributed by atoms with Crippen LogP contribution in [-0.4, -0.2) is 21.8 Å². The van der Waals surface area contributed by atoms with Gasteiger partial charge < -0.3 is 10.8 Å². The topological polar surface area (TPSA) is 63.3 Å². The van der Waals surface area contributed by atoms with Crippen LogP contribution >= 0.6 is 24.0 Å². The summed E-state index contributed by atoms with van der Waals surface area (Å²) in [5.41, 5.74) is 7.36. The van der Waals surface area contributed by atoms with Crippen LogP contribution in [0.3, 0.4) is 0 Å². The van der Waals surface area contributed by atoms with Crippen LogP contribution in [0.1, 0.15) is 11.1 Å². The van der Waals surface area contributed by atoms with Crippen molar-refractivity contribution in [1.82, 2.24) is 0 Å². The summed E-state index contributed by atoms with van der Waals surface area (Å²) >= 11 is 6.24. The monoisotopic (exact) mass is 241 g/mol. The Balaban J connectivity index is 2.67. The van der Waals surface area contributed by atoms with Gasteiger partial charge in [0.05, 0.1) is 5.75 Å². The second kappa shape index (κ2) is 5.72. The number of carbonyl (C=O) groups is 1. The van der Waals surface area contributed by atoms with Crippen molar-refractivity contribution in [3.8, 4) is 0 Å². The Kier molecular flexibility index (Phi) is 4.58. The third-order valence-electron chi connectivity index (χ3n) is 1.77. The molecule has 0 atom stereocenters. The first-order valence-electron chi connectivity index (χ1n) is 4.28. The van der Waals surface area contributed by atoms with Crippen molar-refractivity contribution in [2.75, 3.05) is 5.75 Å². The number of carboxylic acids is 1. The Bertz CT molecular complexity index is 379. The Labute approximate surface area is 97.7 Å². The van der Waals surface area contributed by atoms with Gasteiger partial charge in [-0.3, -0.25) is 4.79 Å². The summed E-state index contributed by atoms with van der Waals surface area (Å²) in [6, 6.07) is 7.50. The van der Waals surface area contributed by atoms with Crippen LogP contribution in [0.25, 0.3) is 0 Å². The molecule has 0 aliphatic heterocycles. The van der Waals surface area contributed by atoms with E-state index in [-0.39, 0.29) is 5.75 Å². The molecule has 0 bridgehead atoms. The first-order chi connectivity index (χ1) is 7.11. The normalized spacial score (nSPS) is 9.87. The maximum atomic E-state index is 10.3. The SMILES string of the molecule is NC(=S)c1ccccc1CSCC(=O)O. The Hall–Kier alpha value is -1.07. The van der Waals surface area contributed by atoms with Gasteiger partial charge in [-0.1, -0.05) is 36.5 Å². The third-order valence-corrected chi connectivity index (χ3v) is 2.95. The van der Waals surface area contributed by atoms with Crippen molar-refractivity contribution in [3.63, 3.8) is 0 Å². The molecule has 0 spiro atoms. The molecule has 0 saturated carbocycles. The highest BCUT2D eigenvalue weighted by molar-refractivity contribution is 7.99. The number of aliphatic carboxylic acids is 1. The molecular formula is C10H11NO2S2. The van der Waals surface area contributed by atoms with Gasteiger partial charge >= 0.3 is 5.97 Å². The van der Waals surface area contributed by atoms with Crippen molar-refractivity contribution in [2.45, 2.75) is 5.75 Å². The van der Waals surface area contributed by atoms with E-state index in [4.69, 9.17) is 23.1 Å². The van der Waals surface area contributed by atoms with Crippen molar-refractivity contribution in [3.05, 3.63) is 35.4 Å². The summed E-state index contributed by atoms with van der Waals surface area (Å²) in [5.74, 6) is -0.112. The predicted molar refractivity (Wildman–Crippen MR) is 66.1 cm³/mol. The quantitative estimate of drug-likeness (QED) is 0.767. The smallest absolute Gasteiger partial charge is 0.313 e. The summed E-state index contributed by atoms with van der Waals surface area (Å²) in [6.07, 6.45) is 0. The number of thiocarbonyl (C=S) groups is 1. The summed E-state index contributed by atoms with van der Waals surface area (Å²) in [7, 11) is 0. The summed E-state index contributed by atoms with van der Waals surface area (Å²) in [5, 5.41) is 8.50. The first kappa shape index (κ1) is 12.0. The number of rotatable bonds is 5. The lowest BCUT2D eigenvalue weighted by molar-refractivity contribution is -0.133. The molecule has 0 fully saturated rings. The number of benzene rings is 1. The van der Waals surface area contributed by atoms with E-state index < -0.39 is 5.97 Å². The zero-order valence-electron chi connectivity index (χ0n) is 7.97. The number of hydrogen-bond donors (Lipinski definition) is 2. The number of nitrogens with two attached hydrogens (primary N) is 1. The maximum absolute atomic E-state index is 10.3. The first-order valence-corrected chi connectivity index (χ1v) is 5.85. The van der Waals surface area contributed by atoms with Crippen LogP contribution in [0.5, 0.6) is 0 Å². The fourth-order valence-corrected chi connectivity index (χ4v) is 2.08. The summed E-state index contributed by atoms with van der Waals surface area (Å²) < 4.78 is 0. The van der Waals surface area contributed by atoms with Gasteiger partial charge in [0.15, 0.2) is 0 Å². The molecular weight excluding hydrogens is 230 g/mol. The van der Waals surface area contributed by atoms with E-state index in [2.05, 4.69) is 0 Å². The lowest BCUT2D eigenvalue weighted by atomic mass is 10.1. The van der Waals surface area contributed by atoms with Crippen LogP contribution < -0.4 is 5.73 Å². The van der Waals surface area contributed by atoms with E-state index in [1.165, 1.54) is 11.8 Å². The summed E-state index contributed by atoms with van der Waals surface area (Å²) in [6.45, 7) is 0. The van der Waals surface area contributed by atoms with Crippen LogP contribution in [0, 0.1) is 0 Å². The van der Waals surface area contributed by atoms with Gasteiger partial charge in [-0.2, -0.15) is 0 Å². The lowest BCUT2D eigenvalue weighted by Crippen LogP contribution is -2.12. The van der Waals surface area contributed by atoms with Crippen molar-refractivity contribution < 1.29 is 9.90 Å². The zero-order valence-corrected chi connectivity index (χ0v) is 9.61. The minimum atomic E-state index is -0.812. The highest BCUT2D eigenvalue weighted by atomic mass is 32.2. The molecule has 3 N–H and O–H groups in total. The highest BCUT2D eigenvalue weighted by Gasteiger charge is 2.05. The molecule has 80 valence electrons. The molecule has 0 saturated heterocycles. The Morgan fingerprint density at radius 3 is 2.73 bits per heavy atom. The van der Waals surface area contributed by atoms with Gasteiger partial charge in [0, 0.05) is 11.3 Å². The second-order valence-electron chi connectivity index (χ2n) is 2.91. The van der Waals surface area contributed by atoms with E-state index in [1.807, 2.05) is 24.3 Å². The zero-order chi connectivity index (χ0) is 11.3. The Morgan fingerprint density at radius 1 is 1.47 bits per heavy atom. The standard InChI is InChI=1S/C10H11NO2S2/c11-10(14)8-4-2-1-3-7(8)5-15-6-9(12)13/h1-4H,5-6H2,(H2,11,14)(H,12,13). The van der Waals surface area contributed by atoms with Crippen LogP contribution in [0.15, 0.2) is 24.3 Å². The molecule has 0 amide bonds. The number of thioether (sulfide) groups is 1. The van der Waals surface area contributed by atoms with Crippen molar-refractivity contribution >= 4 is 34.9 Å². The molecule has 0 unspecified atom stereocenters. The van der Waals surface area contributed by atoms with Crippen LogP contribution in [0.2, 0.25) is 0 Å². The van der Waals surface area contributed by atoms with Gasteiger partial charge in [-0.05, 0) is 5.56 Å². The van der Waals surface area contributed by atoms with E-state index in [0.29, 0.717) is 10.7 Å². The molecule has 3 nitrogen and oxygen atoms in total. The molecule has 0 heterocycles.